The number of fused-ring (bicyclic) bond motifs is 3. The summed E-state index contributed by atoms with van der Waals surface area (Å²) in [6, 6.07) is 0. The topological polar surface area (TPSA) is 26.3 Å². The Morgan fingerprint density at radius 2 is 2.24 bits per heavy atom. The summed E-state index contributed by atoms with van der Waals surface area (Å²) in [5.74, 6) is 1.35. The highest BCUT2D eigenvalue weighted by atomic mass is 16.6. The molecule has 0 aromatic heterocycles. The molecule has 2 aliphatic carbocycles. The lowest BCUT2D eigenvalue weighted by Crippen LogP contribution is -2.29. The molecule has 0 amide bonds. The summed E-state index contributed by atoms with van der Waals surface area (Å²) >= 11 is 0. The van der Waals surface area contributed by atoms with Crippen molar-refractivity contribution in [1.29, 1.82) is 0 Å². The quantitative estimate of drug-likeness (QED) is 0.474. The molecule has 3 rings (SSSR count). The Hall–Kier alpha value is -1.05. The summed E-state index contributed by atoms with van der Waals surface area (Å²) in [5.41, 5.74) is 2.77. The van der Waals surface area contributed by atoms with Crippen LogP contribution in [0.4, 0.5) is 0 Å². The van der Waals surface area contributed by atoms with Gasteiger partial charge >= 0.3 is 5.97 Å². The van der Waals surface area contributed by atoms with Crippen molar-refractivity contribution in [3.63, 3.8) is 0 Å². The first-order valence-electron chi connectivity index (χ1n) is 6.64. The van der Waals surface area contributed by atoms with Crippen molar-refractivity contribution in [2.24, 2.45) is 23.7 Å². The van der Waals surface area contributed by atoms with Crippen molar-refractivity contribution >= 4 is 5.97 Å². The molecule has 2 fully saturated rings. The zero-order chi connectivity index (χ0) is 12.2. The molecule has 0 aromatic rings. The van der Waals surface area contributed by atoms with Crippen LogP contribution in [0.2, 0.25) is 0 Å². The van der Waals surface area contributed by atoms with Crippen LogP contribution < -0.4 is 0 Å². The highest BCUT2D eigenvalue weighted by Crippen LogP contribution is 2.50. The van der Waals surface area contributed by atoms with Crippen molar-refractivity contribution in [3.05, 3.63) is 23.8 Å². The maximum Gasteiger partial charge on any atom is 0.309 e. The zero-order valence-electron chi connectivity index (χ0n) is 10.6. The molecule has 0 radical (unpaired) electrons. The number of ether oxygens (including phenoxy) is 1. The summed E-state index contributed by atoms with van der Waals surface area (Å²) in [4.78, 5) is 11.8. The Balaban J connectivity index is 2.00. The van der Waals surface area contributed by atoms with Crippen LogP contribution in [0, 0.1) is 23.7 Å². The first-order valence-corrected chi connectivity index (χ1v) is 6.64. The molecule has 0 N–H and O–H groups in total. The first-order chi connectivity index (χ1) is 8.09. The molecule has 2 nitrogen and oxygen atoms in total. The Kier molecular flexibility index (Phi) is 2.42. The maximum atomic E-state index is 11.8. The van der Waals surface area contributed by atoms with Gasteiger partial charge in [-0.3, -0.25) is 4.79 Å². The van der Waals surface area contributed by atoms with E-state index in [1.807, 2.05) is 6.92 Å². The minimum Gasteiger partial charge on any atom is -0.461 e. The largest absolute Gasteiger partial charge is 0.461 e. The predicted octanol–water partition coefficient (Wildman–Crippen LogP) is 3.10. The Morgan fingerprint density at radius 1 is 1.47 bits per heavy atom. The second-order valence-corrected chi connectivity index (χ2v) is 5.87. The molecule has 2 heteroatoms. The lowest BCUT2D eigenvalue weighted by atomic mass is 9.79. The van der Waals surface area contributed by atoms with E-state index in [4.69, 9.17) is 4.74 Å². The second kappa shape index (κ2) is 3.72. The van der Waals surface area contributed by atoms with Crippen molar-refractivity contribution in [3.8, 4) is 0 Å². The van der Waals surface area contributed by atoms with Crippen LogP contribution in [-0.2, 0) is 9.53 Å². The number of rotatable bonds is 0. The molecule has 1 saturated carbocycles. The number of allylic oxidation sites excluding steroid dienone is 2. The van der Waals surface area contributed by atoms with Crippen molar-refractivity contribution in [2.75, 3.05) is 0 Å². The van der Waals surface area contributed by atoms with Gasteiger partial charge in [0.2, 0.25) is 0 Å². The number of hydrogen-bond acceptors (Lipinski definition) is 2. The van der Waals surface area contributed by atoms with Gasteiger partial charge in [-0.15, -0.1) is 0 Å². The van der Waals surface area contributed by atoms with Gasteiger partial charge in [0.1, 0.15) is 6.10 Å². The van der Waals surface area contributed by atoms with Gasteiger partial charge in [-0.2, -0.15) is 0 Å². The fourth-order valence-corrected chi connectivity index (χ4v) is 3.88. The van der Waals surface area contributed by atoms with E-state index in [0.29, 0.717) is 17.8 Å². The van der Waals surface area contributed by atoms with Crippen LogP contribution >= 0.6 is 0 Å². The zero-order valence-corrected chi connectivity index (χ0v) is 10.6. The van der Waals surface area contributed by atoms with Gasteiger partial charge in [0, 0.05) is 11.8 Å². The molecule has 1 aliphatic heterocycles. The van der Waals surface area contributed by atoms with Gasteiger partial charge < -0.3 is 4.74 Å². The van der Waals surface area contributed by atoms with E-state index in [-0.39, 0.29) is 18.0 Å². The smallest absolute Gasteiger partial charge is 0.309 e. The monoisotopic (exact) mass is 232 g/mol. The van der Waals surface area contributed by atoms with Crippen LogP contribution in [0.1, 0.15) is 33.1 Å². The molecule has 5 atom stereocenters. The van der Waals surface area contributed by atoms with Gasteiger partial charge in [-0.05, 0) is 32.1 Å². The van der Waals surface area contributed by atoms with Crippen molar-refractivity contribution in [2.45, 2.75) is 39.2 Å². The SMILES string of the molecule is C=C1CCC2C(C)=CCC3C(C)C(=O)OC3C12. The average molecular weight is 232 g/mol. The molecule has 0 aromatic carbocycles. The molecule has 17 heavy (non-hydrogen) atoms. The van der Waals surface area contributed by atoms with Crippen LogP contribution in [0.15, 0.2) is 23.8 Å². The van der Waals surface area contributed by atoms with E-state index in [1.54, 1.807) is 0 Å². The van der Waals surface area contributed by atoms with E-state index < -0.39 is 0 Å². The van der Waals surface area contributed by atoms with Gasteiger partial charge in [-0.25, -0.2) is 0 Å². The third-order valence-electron chi connectivity index (χ3n) is 5.02. The lowest BCUT2D eigenvalue weighted by molar-refractivity contribution is -0.145. The summed E-state index contributed by atoms with van der Waals surface area (Å²) < 4.78 is 5.66. The van der Waals surface area contributed by atoms with Crippen LogP contribution in [-0.4, -0.2) is 12.1 Å². The predicted molar refractivity (Wildman–Crippen MR) is 66.3 cm³/mol. The van der Waals surface area contributed by atoms with E-state index in [1.165, 1.54) is 17.6 Å². The third-order valence-corrected chi connectivity index (χ3v) is 5.02. The Labute approximate surface area is 103 Å². The molecule has 92 valence electrons. The average Bonchev–Trinajstić information content (AvgIpc) is 2.75. The molecule has 1 saturated heterocycles. The summed E-state index contributed by atoms with van der Waals surface area (Å²) in [5, 5.41) is 0. The number of carbonyl (C=O) groups is 1. The summed E-state index contributed by atoms with van der Waals surface area (Å²) in [7, 11) is 0. The van der Waals surface area contributed by atoms with Crippen LogP contribution in [0.3, 0.4) is 0 Å². The van der Waals surface area contributed by atoms with Gasteiger partial charge in [0.05, 0.1) is 5.92 Å². The van der Waals surface area contributed by atoms with Gasteiger partial charge in [0.25, 0.3) is 0 Å². The van der Waals surface area contributed by atoms with E-state index >= 15 is 0 Å². The molecule has 3 aliphatic rings. The van der Waals surface area contributed by atoms with Crippen LogP contribution in [0.5, 0.6) is 0 Å². The van der Waals surface area contributed by atoms with Gasteiger partial charge in [-0.1, -0.05) is 30.7 Å². The molecule has 5 unspecified atom stereocenters. The minimum atomic E-state index is -0.00796. The normalized spacial score (nSPS) is 44.8. The second-order valence-electron chi connectivity index (χ2n) is 5.87. The summed E-state index contributed by atoms with van der Waals surface area (Å²) in [6.45, 7) is 8.44. The highest BCUT2D eigenvalue weighted by molar-refractivity contribution is 5.75. The molecule has 1 heterocycles. The third kappa shape index (κ3) is 1.50. The molecule has 0 spiro atoms. The molecule has 0 bridgehead atoms. The number of esters is 1. The van der Waals surface area contributed by atoms with E-state index in [2.05, 4.69) is 19.6 Å². The van der Waals surface area contributed by atoms with E-state index in [0.717, 1.165) is 12.8 Å². The highest BCUT2D eigenvalue weighted by Gasteiger charge is 2.50. The Bertz CT molecular complexity index is 407. The lowest BCUT2D eigenvalue weighted by Gasteiger charge is -2.27. The minimum absolute atomic E-state index is 0.00796. The van der Waals surface area contributed by atoms with E-state index in [9.17, 15) is 4.79 Å². The Morgan fingerprint density at radius 3 is 3.00 bits per heavy atom. The van der Waals surface area contributed by atoms with Gasteiger partial charge in [0.15, 0.2) is 0 Å². The maximum absolute atomic E-state index is 11.8. The number of carbonyl (C=O) groups excluding carboxylic acids is 1. The number of hydrogen-bond donors (Lipinski definition) is 0. The fraction of sp³-hybridized carbons (Fsp3) is 0.667. The fourth-order valence-electron chi connectivity index (χ4n) is 3.88. The van der Waals surface area contributed by atoms with Crippen molar-refractivity contribution in [1.82, 2.24) is 0 Å². The molecular formula is C15H20O2. The van der Waals surface area contributed by atoms with Crippen molar-refractivity contribution < 1.29 is 9.53 Å². The molecular weight excluding hydrogens is 212 g/mol. The first kappa shape index (κ1) is 11.1. The summed E-state index contributed by atoms with van der Waals surface area (Å²) in [6.07, 6.45) is 5.69. The standard InChI is InChI=1S/C15H20O2/c1-8-4-7-12-10(3)15(16)17-14(12)13-9(2)5-6-11(8)13/h4,10-14H,2,5-7H2,1,3H3. The van der Waals surface area contributed by atoms with Crippen LogP contribution in [0.25, 0.3) is 0 Å².